The van der Waals surface area contributed by atoms with Gasteiger partial charge in [0.1, 0.15) is 0 Å². The SMILES string of the molecule is O=C(CSc1cc(Cl)ccc1Cl)Nc1ccc(-n2nn[nH]c2=O)cc1. The minimum absolute atomic E-state index is 0.185. The number of carbonyl (C=O) groups is 1. The average Bonchev–Trinajstić information content (AvgIpc) is 3.02. The molecule has 7 nitrogen and oxygen atoms in total. The summed E-state index contributed by atoms with van der Waals surface area (Å²) in [5.74, 6) is -0.00252. The van der Waals surface area contributed by atoms with Crippen LogP contribution in [0.2, 0.25) is 10.0 Å². The standard InChI is InChI=1S/C15H11Cl2N5O2S/c16-9-1-6-12(17)13(7-9)25-8-14(23)18-10-2-4-11(5-3-10)22-15(24)19-20-21-22/h1-7H,8H2,(H,18,23)(H,19,21,24). The zero-order valence-corrected chi connectivity index (χ0v) is 14.9. The third-order valence-electron chi connectivity index (χ3n) is 3.12. The van der Waals surface area contributed by atoms with Gasteiger partial charge in [0, 0.05) is 15.6 Å². The van der Waals surface area contributed by atoms with Gasteiger partial charge in [-0.05, 0) is 52.9 Å². The summed E-state index contributed by atoms with van der Waals surface area (Å²) in [7, 11) is 0. The maximum absolute atomic E-state index is 12.1. The zero-order chi connectivity index (χ0) is 17.8. The van der Waals surface area contributed by atoms with Gasteiger partial charge in [-0.2, -0.15) is 4.68 Å². The van der Waals surface area contributed by atoms with Crippen LogP contribution in [-0.2, 0) is 4.79 Å². The van der Waals surface area contributed by atoms with Crippen molar-refractivity contribution >= 4 is 46.6 Å². The number of rotatable bonds is 5. The Hall–Kier alpha value is -2.29. The lowest BCUT2D eigenvalue weighted by Crippen LogP contribution is -2.16. The number of amides is 1. The van der Waals surface area contributed by atoms with Crippen LogP contribution in [0.4, 0.5) is 5.69 Å². The number of hydrogen-bond donors (Lipinski definition) is 2. The van der Waals surface area contributed by atoms with Crippen LogP contribution in [0.3, 0.4) is 0 Å². The number of H-pyrrole nitrogens is 1. The minimum Gasteiger partial charge on any atom is -0.325 e. The number of anilines is 1. The lowest BCUT2D eigenvalue weighted by atomic mass is 10.3. The van der Waals surface area contributed by atoms with Crippen molar-refractivity contribution in [2.45, 2.75) is 4.90 Å². The average molecular weight is 396 g/mol. The van der Waals surface area contributed by atoms with Gasteiger partial charge in [-0.15, -0.1) is 11.8 Å². The predicted molar refractivity (Wildman–Crippen MR) is 97.8 cm³/mol. The Morgan fingerprint density at radius 1 is 1.20 bits per heavy atom. The number of carbonyl (C=O) groups excluding carboxylic acids is 1. The Bertz CT molecular complexity index is 955. The summed E-state index contributed by atoms with van der Waals surface area (Å²) in [6, 6.07) is 11.7. The minimum atomic E-state index is -0.438. The normalized spacial score (nSPS) is 10.6. The van der Waals surface area contributed by atoms with Crippen molar-refractivity contribution < 1.29 is 4.79 Å². The second-order valence-electron chi connectivity index (χ2n) is 4.88. The molecule has 25 heavy (non-hydrogen) atoms. The highest BCUT2D eigenvalue weighted by molar-refractivity contribution is 8.00. The van der Waals surface area contributed by atoms with Gasteiger partial charge in [0.25, 0.3) is 0 Å². The molecule has 2 aromatic carbocycles. The first-order valence-corrected chi connectivity index (χ1v) is 8.75. The van der Waals surface area contributed by atoms with Crippen molar-refractivity contribution in [1.29, 1.82) is 0 Å². The summed E-state index contributed by atoms with van der Waals surface area (Å²) in [5, 5.41) is 13.1. The van der Waals surface area contributed by atoms with Crippen molar-refractivity contribution in [2.24, 2.45) is 0 Å². The summed E-state index contributed by atoms with van der Waals surface area (Å²) in [6.45, 7) is 0. The Morgan fingerprint density at radius 2 is 1.96 bits per heavy atom. The Morgan fingerprint density at radius 3 is 2.64 bits per heavy atom. The van der Waals surface area contributed by atoms with E-state index in [1.54, 1.807) is 42.5 Å². The van der Waals surface area contributed by atoms with Crippen LogP contribution in [-0.4, -0.2) is 31.9 Å². The summed E-state index contributed by atoms with van der Waals surface area (Å²) < 4.78 is 1.11. The van der Waals surface area contributed by atoms with Crippen molar-refractivity contribution in [1.82, 2.24) is 20.2 Å². The van der Waals surface area contributed by atoms with E-state index in [-0.39, 0.29) is 11.7 Å². The highest BCUT2D eigenvalue weighted by Crippen LogP contribution is 2.29. The summed E-state index contributed by atoms with van der Waals surface area (Å²) in [6.07, 6.45) is 0. The Balaban J connectivity index is 1.60. The van der Waals surface area contributed by atoms with Crippen molar-refractivity contribution in [3.05, 3.63) is 63.0 Å². The molecule has 0 fully saturated rings. The molecular weight excluding hydrogens is 385 g/mol. The second-order valence-corrected chi connectivity index (χ2v) is 6.74. The van der Waals surface area contributed by atoms with Crippen molar-refractivity contribution in [2.75, 3.05) is 11.1 Å². The van der Waals surface area contributed by atoms with E-state index in [0.29, 0.717) is 21.4 Å². The fourth-order valence-electron chi connectivity index (χ4n) is 1.98. The first-order valence-electron chi connectivity index (χ1n) is 7.01. The molecule has 0 bridgehead atoms. The van der Waals surface area contributed by atoms with Crippen LogP contribution in [0.1, 0.15) is 0 Å². The number of hydrogen-bond acceptors (Lipinski definition) is 5. The molecule has 0 atom stereocenters. The molecule has 0 unspecified atom stereocenters. The fourth-order valence-corrected chi connectivity index (χ4v) is 3.27. The van der Waals surface area contributed by atoms with E-state index in [9.17, 15) is 9.59 Å². The maximum Gasteiger partial charge on any atom is 0.365 e. The molecule has 0 saturated heterocycles. The largest absolute Gasteiger partial charge is 0.365 e. The van der Waals surface area contributed by atoms with E-state index in [4.69, 9.17) is 23.2 Å². The van der Waals surface area contributed by atoms with Crippen LogP contribution in [0, 0.1) is 0 Å². The molecule has 0 aliphatic rings. The molecule has 0 aliphatic heterocycles. The molecule has 0 saturated carbocycles. The molecule has 1 aromatic heterocycles. The molecule has 2 N–H and O–H groups in total. The number of halogens is 2. The second kappa shape index (κ2) is 7.73. The first-order chi connectivity index (χ1) is 12.0. The van der Waals surface area contributed by atoms with Crippen LogP contribution in [0.15, 0.2) is 52.2 Å². The topological polar surface area (TPSA) is 92.7 Å². The number of nitrogens with zero attached hydrogens (tertiary/aromatic N) is 3. The lowest BCUT2D eigenvalue weighted by molar-refractivity contribution is -0.113. The molecular formula is C15H11Cl2N5O2S. The van der Waals surface area contributed by atoms with Gasteiger partial charge in [-0.3, -0.25) is 4.79 Å². The van der Waals surface area contributed by atoms with Crippen molar-refractivity contribution in [3.63, 3.8) is 0 Å². The third kappa shape index (κ3) is 4.41. The first kappa shape index (κ1) is 17.5. The van der Waals surface area contributed by atoms with Crippen LogP contribution in [0.25, 0.3) is 5.69 Å². The number of benzene rings is 2. The zero-order valence-electron chi connectivity index (χ0n) is 12.6. The molecule has 0 aliphatic carbocycles. The van der Waals surface area contributed by atoms with Gasteiger partial charge in [0.05, 0.1) is 16.5 Å². The van der Waals surface area contributed by atoms with Gasteiger partial charge in [-0.25, -0.2) is 9.89 Å². The number of aromatic amines is 1. The smallest absolute Gasteiger partial charge is 0.325 e. The molecule has 1 heterocycles. The Kier molecular flexibility index (Phi) is 5.42. The van der Waals surface area contributed by atoms with Gasteiger partial charge >= 0.3 is 5.69 Å². The molecule has 128 valence electrons. The van der Waals surface area contributed by atoms with Gasteiger partial charge in [-0.1, -0.05) is 23.2 Å². The summed E-state index contributed by atoms with van der Waals surface area (Å²) >= 11 is 13.3. The molecule has 0 radical (unpaired) electrons. The third-order valence-corrected chi connectivity index (χ3v) is 4.85. The van der Waals surface area contributed by atoms with Gasteiger partial charge in [0.2, 0.25) is 5.91 Å². The van der Waals surface area contributed by atoms with E-state index >= 15 is 0 Å². The molecule has 0 spiro atoms. The van der Waals surface area contributed by atoms with E-state index in [1.165, 1.54) is 11.8 Å². The maximum atomic E-state index is 12.1. The van der Waals surface area contributed by atoms with Crippen LogP contribution >= 0.6 is 35.0 Å². The monoisotopic (exact) mass is 395 g/mol. The summed E-state index contributed by atoms with van der Waals surface area (Å²) in [4.78, 5) is 24.2. The highest BCUT2D eigenvalue weighted by Gasteiger charge is 2.08. The van der Waals surface area contributed by atoms with E-state index in [2.05, 4.69) is 20.8 Å². The molecule has 3 aromatic rings. The quantitative estimate of drug-likeness (QED) is 0.647. The summed E-state index contributed by atoms with van der Waals surface area (Å²) in [5.41, 5.74) is 0.700. The predicted octanol–water partition coefficient (Wildman–Crippen LogP) is 2.99. The number of nitrogens with one attached hydrogen (secondary N) is 2. The lowest BCUT2D eigenvalue weighted by Gasteiger charge is -2.07. The number of thioether (sulfide) groups is 1. The molecule has 3 rings (SSSR count). The van der Waals surface area contributed by atoms with Crippen molar-refractivity contribution in [3.8, 4) is 5.69 Å². The number of tetrazole rings is 1. The fraction of sp³-hybridized carbons (Fsp3) is 0.0667. The van der Waals surface area contributed by atoms with Crippen LogP contribution < -0.4 is 11.0 Å². The number of aromatic nitrogens is 4. The van der Waals surface area contributed by atoms with E-state index < -0.39 is 5.69 Å². The molecule has 1 amide bonds. The van der Waals surface area contributed by atoms with Crippen LogP contribution in [0.5, 0.6) is 0 Å². The van der Waals surface area contributed by atoms with Gasteiger partial charge in [0.15, 0.2) is 0 Å². The van der Waals surface area contributed by atoms with E-state index in [1.807, 2.05) is 0 Å². The Labute approximate surface area is 156 Å². The highest BCUT2D eigenvalue weighted by atomic mass is 35.5. The molecule has 10 heteroatoms. The van der Waals surface area contributed by atoms with E-state index in [0.717, 1.165) is 9.58 Å². The van der Waals surface area contributed by atoms with Gasteiger partial charge < -0.3 is 5.32 Å².